The van der Waals surface area contributed by atoms with E-state index in [0.717, 1.165) is 0 Å². The normalized spacial score (nSPS) is 10.2. The zero-order chi connectivity index (χ0) is 16.8. The van der Waals surface area contributed by atoms with E-state index in [2.05, 4.69) is 0 Å². The molecule has 0 saturated heterocycles. The summed E-state index contributed by atoms with van der Waals surface area (Å²) >= 11 is 5.82. The molecule has 23 heavy (non-hydrogen) atoms. The second-order valence-electron chi connectivity index (χ2n) is 4.70. The molecule has 7 heteroatoms. The van der Waals surface area contributed by atoms with Gasteiger partial charge in [0.05, 0.1) is 10.5 Å². The van der Waals surface area contributed by atoms with Crippen molar-refractivity contribution in [3.8, 4) is 5.75 Å². The highest BCUT2D eigenvalue weighted by Gasteiger charge is 2.15. The monoisotopic (exact) mass is 335 g/mol. The van der Waals surface area contributed by atoms with Crippen LogP contribution in [0.25, 0.3) is 0 Å². The first-order valence-corrected chi connectivity index (χ1v) is 7.15. The maximum atomic E-state index is 11.9. The Balaban J connectivity index is 1.88. The van der Waals surface area contributed by atoms with Crippen molar-refractivity contribution in [1.82, 2.24) is 0 Å². The Bertz CT molecular complexity index is 732. The van der Waals surface area contributed by atoms with Crippen LogP contribution in [0.3, 0.4) is 0 Å². The number of benzene rings is 2. The van der Waals surface area contributed by atoms with Gasteiger partial charge < -0.3 is 9.47 Å². The number of carbonyl (C=O) groups is 1. The molecule has 2 aromatic carbocycles. The maximum absolute atomic E-state index is 11.9. The summed E-state index contributed by atoms with van der Waals surface area (Å²) in [5, 5.41) is 11.4. The lowest BCUT2D eigenvalue weighted by Gasteiger charge is -2.08. The van der Waals surface area contributed by atoms with Gasteiger partial charge in [0.1, 0.15) is 19.0 Å². The number of ether oxygens (including phenoxy) is 2. The number of esters is 1. The Morgan fingerprint density at radius 3 is 2.70 bits per heavy atom. The number of rotatable bonds is 6. The van der Waals surface area contributed by atoms with Crippen LogP contribution in [0.5, 0.6) is 5.75 Å². The third kappa shape index (κ3) is 4.69. The van der Waals surface area contributed by atoms with Crippen molar-refractivity contribution in [3.63, 3.8) is 0 Å². The Kier molecular flexibility index (Phi) is 5.54. The van der Waals surface area contributed by atoms with Crippen molar-refractivity contribution >= 4 is 23.3 Å². The average molecular weight is 336 g/mol. The zero-order valence-corrected chi connectivity index (χ0v) is 13.1. The number of nitro groups is 1. The lowest BCUT2D eigenvalue weighted by atomic mass is 10.1. The summed E-state index contributed by atoms with van der Waals surface area (Å²) in [6, 6.07) is 11.0. The minimum atomic E-state index is -0.636. The van der Waals surface area contributed by atoms with Gasteiger partial charge in [0, 0.05) is 16.7 Å². The van der Waals surface area contributed by atoms with E-state index in [4.69, 9.17) is 21.1 Å². The summed E-state index contributed by atoms with van der Waals surface area (Å²) in [7, 11) is 0. The van der Waals surface area contributed by atoms with E-state index in [0.29, 0.717) is 16.3 Å². The number of aryl methyl sites for hydroxylation is 1. The van der Waals surface area contributed by atoms with Crippen molar-refractivity contribution in [2.24, 2.45) is 0 Å². The van der Waals surface area contributed by atoms with Gasteiger partial charge in [-0.25, -0.2) is 4.79 Å². The second kappa shape index (κ2) is 7.60. The molecule has 0 atom stereocenters. The van der Waals surface area contributed by atoms with Crippen LogP contribution in [0.15, 0.2) is 42.5 Å². The summed E-state index contributed by atoms with van der Waals surface area (Å²) < 4.78 is 10.4. The molecule has 0 fully saturated rings. The number of hydrogen-bond donors (Lipinski definition) is 0. The van der Waals surface area contributed by atoms with Gasteiger partial charge in [0.2, 0.25) is 0 Å². The van der Waals surface area contributed by atoms with Crippen molar-refractivity contribution in [3.05, 3.63) is 68.7 Å². The number of hydrogen-bond acceptors (Lipinski definition) is 5. The Morgan fingerprint density at radius 2 is 2.00 bits per heavy atom. The van der Waals surface area contributed by atoms with Crippen LogP contribution in [0.4, 0.5) is 5.69 Å². The van der Waals surface area contributed by atoms with Crippen molar-refractivity contribution in [2.75, 3.05) is 13.2 Å². The van der Waals surface area contributed by atoms with Crippen molar-refractivity contribution in [1.29, 1.82) is 0 Å². The largest absolute Gasteiger partial charge is 0.490 e. The van der Waals surface area contributed by atoms with Crippen molar-refractivity contribution in [2.45, 2.75) is 6.92 Å². The van der Waals surface area contributed by atoms with Gasteiger partial charge in [-0.1, -0.05) is 23.7 Å². The third-order valence-corrected chi connectivity index (χ3v) is 3.26. The minimum absolute atomic E-state index is 0.0209. The Hall–Kier alpha value is -2.60. The van der Waals surface area contributed by atoms with Crippen LogP contribution in [-0.4, -0.2) is 24.1 Å². The second-order valence-corrected chi connectivity index (χ2v) is 5.14. The molecular weight excluding hydrogens is 322 g/mol. The minimum Gasteiger partial charge on any atom is -0.490 e. The molecule has 0 aromatic heterocycles. The summed E-state index contributed by atoms with van der Waals surface area (Å²) in [6.45, 7) is 1.78. The molecule has 0 bridgehead atoms. The first-order valence-electron chi connectivity index (χ1n) is 6.78. The molecule has 0 aliphatic rings. The van der Waals surface area contributed by atoms with Crippen LogP contribution in [0.1, 0.15) is 15.9 Å². The molecule has 0 unspecified atom stereocenters. The third-order valence-electron chi connectivity index (χ3n) is 3.02. The van der Waals surface area contributed by atoms with E-state index in [1.54, 1.807) is 31.2 Å². The highest BCUT2D eigenvalue weighted by molar-refractivity contribution is 6.30. The van der Waals surface area contributed by atoms with E-state index in [1.165, 1.54) is 18.2 Å². The summed E-state index contributed by atoms with van der Waals surface area (Å²) in [4.78, 5) is 22.2. The molecule has 0 spiro atoms. The van der Waals surface area contributed by atoms with Crippen molar-refractivity contribution < 1.29 is 19.2 Å². The van der Waals surface area contributed by atoms with Crippen LogP contribution in [-0.2, 0) is 4.74 Å². The van der Waals surface area contributed by atoms with Crippen LogP contribution < -0.4 is 4.74 Å². The fourth-order valence-electron chi connectivity index (χ4n) is 1.87. The molecule has 0 amide bonds. The van der Waals surface area contributed by atoms with Crippen LogP contribution >= 0.6 is 11.6 Å². The molecule has 0 saturated carbocycles. The van der Waals surface area contributed by atoms with Gasteiger partial charge >= 0.3 is 5.97 Å². The highest BCUT2D eigenvalue weighted by atomic mass is 35.5. The predicted octanol–water partition coefficient (Wildman–Crippen LogP) is 3.79. The van der Waals surface area contributed by atoms with E-state index >= 15 is 0 Å². The van der Waals surface area contributed by atoms with Crippen LogP contribution in [0.2, 0.25) is 5.02 Å². The number of carbonyl (C=O) groups excluding carboxylic acids is 1. The molecular formula is C16H14ClNO5. The average Bonchev–Trinajstić information content (AvgIpc) is 2.51. The van der Waals surface area contributed by atoms with Gasteiger partial charge in [-0.05, 0) is 31.2 Å². The Labute approximate surface area is 137 Å². The Morgan fingerprint density at radius 1 is 1.22 bits per heavy atom. The molecule has 6 nitrogen and oxygen atoms in total. The topological polar surface area (TPSA) is 78.7 Å². The molecule has 0 aliphatic heterocycles. The van der Waals surface area contributed by atoms with Gasteiger partial charge in [0.25, 0.3) is 5.69 Å². The molecule has 0 N–H and O–H groups in total. The fraction of sp³-hybridized carbons (Fsp3) is 0.188. The zero-order valence-electron chi connectivity index (χ0n) is 12.3. The summed E-state index contributed by atoms with van der Waals surface area (Å²) in [5.74, 6) is -0.0673. The number of nitro benzene ring substituents is 1. The van der Waals surface area contributed by atoms with E-state index in [-0.39, 0.29) is 24.5 Å². The van der Waals surface area contributed by atoms with Gasteiger partial charge in [0.15, 0.2) is 0 Å². The van der Waals surface area contributed by atoms with Gasteiger partial charge in [-0.15, -0.1) is 0 Å². The first-order chi connectivity index (χ1) is 11.0. The fourth-order valence-corrected chi connectivity index (χ4v) is 2.05. The molecule has 2 aromatic rings. The lowest BCUT2D eigenvalue weighted by molar-refractivity contribution is -0.385. The summed E-state index contributed by atoms with van der Waals surface area (Å²) in [6.07, 6.45) is 0. The SMILES string of the molecule is Cc1ccc(C(=O)OCCOc2cccc(Cl)c2)cc1[N+](=O)[O-]. The number of halogens is 1. The highest BCUT2D eigenvalue weighted by Crippen LogP contribution is 2.20. The van der Waals surface area contributed by atoms with E-state index < -0.39 is 10.9 Å². The molecule has 0 radical (unpaired) electrons. The van der Waals surface area contributed by atoms with Crippen LogP contribution in [0, 0.1) is 17.0 Å². The molecule has 2 rings (SSSR count). The lowest BCUT2D eigenvalue weighted by Crippen LogP contribution is -2.12. The molecule has 0 aliphatic carbocycles. The molecule has 0 heterocycles. The predicted molar refractivity (Wildman–Crippen MR) is 85.1 cm³/mol. The van der Waals surface area contributed by atoms with Gasteiger partial charge in [-0.3, -0.25) is 10.1 Å². The van der Waals surface area contributed by atoms with Gasteiger partial charge in [-0.2, -0.15) is 0 Å². The quantitative estimate of drug-likeness (QED) is 0.347. The molecule has 120 valence electrons. The van der Waals surface area contributed by atoms with E-state index in [9.17, 15) is 14.9 Å². The number of nitrogens with zero attached hydrogens (tertiary/aromatic N) is 1. The first kappa shape index (κ1) is 16.8. The summed E-state index contributed by atoms with van der Waals surface area (Å²) in [5.41, 5.74) is 0.496. The smallest absolute Gasteiger partial charge is 0.338 e. The standard InChI is InChI=1S/C16H14ClNO5/c1-11-5-6-12(9-15(11)18(20)21)16(19)23-8-7-22-14-4-2-3-13(17)10-14/h2-6,9-10H,7-8H2,1H3. The maximum Gasteiger partial charge on any atom is 0.338 e. The van der Waals surface area contributed by atoms with E-state index in [1.807, 2.05) is 0 Å².